The Morgan fingerprint density at radius 1 is 0.575 bits per heavy atom. The first kappa shape index (κ1) is 37.9. The van der Waals surface area contributed by atoms with Crippen LogP contribution in [0.15, 0.2) is 0 Å². The zero-order valence-corrected chi connectivity index (χ0v) is 29.0. The molecule has 1 saturated carbocycles. The van der Waals surface area contributed by atoms with E-state index < -0.39 is 29.4 Å². The molecule has 1 aliphatic rings. The first-order chi connectivity index (χ1) is 19.4. The Balaban J connectivity index is 2.21. The Morgan fingerprint density at radius 3 is 1.23 bits per heavy atom. The lowest BCUT2D eigenvalue weighted by molar-refractivity contribution is -0.162. The first-order valence-electron chi connectivity index (χ1n) is 14.2. The van der Waals surface area contributed by atoms with Crippen LogP contribution < -0.4 is 0 Å². The molecule has 1 rings (SSSR count). The van der Waals surface area contributed by atoms with Crippen molar-refractivity contribution in [3.8, 4) is 0 Å². The van der Waals surface area contributed by atoms with Crippen molar-refractivity contribution in [1.82, 2.24) is 0 Å². The van der Waals surface area contributed by atoms with Crippen molar-refractivity contribution in [2.75, 3.05) is 78.9 Å². The van der Waals surface area contributed by atoms with Crippen molar-refractivity contribution in [3.63, 3.8) is 0 Å². The number of thioether (sulfide) groups is 2. The van der Waals surface area contributed by atoms with Crippen LogP contribution in [0, 0.1) is 11.8 Å². The zero-order chi connectivity index (χ0) is 29.7. The van der Waals surface area contributed by atoms with Crippen LogP contribution in [-0.4, -0.2) is 108 Å². The van der Waals surface area contributed by atoms with Crippen LogP contribution in [0.1, 0.15) is 51.4 Å². The van der Waals surface area contributed by atoms with Crippen molar-refractivity contribution in [2.24, 2.45) is 11.8 Å². The Labute approximate surface area is 252 Å². The molecule has 0 bridgehead atoms. The molecule has 0 aromatic rings. The quantitative estimate of drug-likeness (QED) is 0.0828. The summed E-state index contributed by atoms with van der Waals surface area (Å²) in [6.07, 6.45) is 6.68. The Bertz CT molecular complexity index is 611. The van der Waals surface area contributed by atoms with Gasteiger partial charge in [-0.2, -0.15) is 23.5 Å². The average Bonchev–Trinajstić information content (AvgIpc) is 3.00. The topological polar surface area (TPSA) is 108 Å². The number of ether oxygens (including phenoxy) is 2. The summed E-state index contributed by atoms with van der Waals surface area (Å²) in [5, 5.41) is 0. The van der Waals surface area contributed by atoms with E-state index in [0.717, 1.165) is 73.6 Å². The second-order valence-electron chi connectivity index (χ2n) is 9.56. The Hall–Kier alpha value is -0.166. The summed E-state index contributed by atoms with van der Waals surface area (Å²) in [7, 11) is 4.75. The lowest BCUT2D eigenvalue weighted by atomic mass is 9.79. The van der Waals surface area contributed by atoms with Gasteiger partial charge in [-0.25, -0.2) is 0 Å². The third-order valence-corrected chi connectivity index (χ3v) is 15.1. The molecule has 10 nitrogen and oxygen atoms in total. The van der Waals surface area contributed by atoms with Crippen LogP contribution in [0.5, 0.6) is 0 Å². The summed E-state index contributed by atoms with van der Waals surface area (Å²) in [5.41, 5.74) is 0. The Kier molecular flexibility index (Phi) is 21.2. The van der Waals surface area contributed by atoms with Gasteiger partial charge in [-0.15, -0.1) is 0 Å². The lowest BCUT2D eigenvalue weighted by Crippen LogP contribution is -2.42. The molecule has 0 heterocycles. The molecule has 0 saturated heterocycles. The van der Waals surface area contributed by atoms with Gasteiger partial charge in [-0.1, -0.05) is 12.8 Å². The van der Waals surface area contributed by atoms with Gasteiger partial charge in [0, 0.05) is 54.7 Å². The van der Waals surface area contributed by atoms with Gasteiger partial charge in [-0.3, -0.25) is 9.59 Å². The molecule has 0 aliphatic heterocycles. The molecule has 0 aromatic carbocycles. The molecule has 0 N–H and O–H groups in total. The Morgan fingerprint density at radius 2 is 0.900 bits per heavy atom. The van der Waals surface area contributed by atoms with Crippen molar-refractivity contribution in [2.45, 2.75) is 63.5 Å². The van der Waals surface area contributed by atoms with Gasteiger partial charge in [0.25, 0.3) is 0 Å². The van der Waals surface area contributed by atoms with Crippen LogP contribution in [-0.2, 0) is 45.6 Å². The van der Waals surface area contributed by atoms with Gasteiger partial charge in [0.2, 0.25) is 0 Å². The molecule has 0 amide bonds. The SMILES string of the molecule is CO[Si](CCCSCCCOC(=O)C1CCCCC1C(=O)OCCCSCCC[Si](OC)(OC)OC)(OC)OC. The monoisotopic (exact) mass is 644 g/mol. The molecule has 236 valence electrons. The molecular formula is C26H52O10S2Si2. The van der Waals surface area contributed by atoms with E-state index in [4.69, 9.17) is 36.0 Å². The number of carbonyl (C=O) groups excluding carboxylic acids is 2. The predicted molar refractivity (Wildman–Crippen MR) is 164 cm³/mol. The second-order valence-corrected chi connectivity index (χ2v) is 18.2. The van der Waals surface area contributed by atoms with Gasteiger partial charge < -0.3 is 36.0 Å². The van der Waals surface area contributed by atoms with Crippen LogP contribution in [0.2, 0.25) is 12.1 Å². The molecule has 1 fully saturated rings. The van der Waals surface area contributed by atoms with Crippen molar-refractivity contribution < 1.29 is 45.6 Å². The van der Waals surface area contributed by atoms with E-state index in [1.807, 2.05) is 23.5 Å². The van der Waals surface area contributed by atoms with Gasteiger partial charge in [-0.05, 0) is 61.5 Å². The first-order valence-corrected chi connectivity index (χ1v) is 20.3. The van der Waals surface area contributed by atoms with Crippen molar-refractivity contribution >= 4 is 53.1 Å². The van der Waals surface area contributed by atoms with E-state index in [1.165, 1.54) is 0 Å². The number of esters is 2. The summed E-state index contributed by atoms with van der Waals surface area (Å²) in [6.45, 7) is 0.744. The predicted octanol–water partition coefficient (Wildman–Crippen LogP) is 4.66. The highest BCUT2D eigenvalue weighted by Crippen LogP contribution is 2.32. The van der Waals surface area contributed by atoms with Crippen LogP contribution in [0.25, 0.3) is 0 Å². The second kappa shape index (κ2) is 22.4. The fourth-order valence-corrected chi connectivity index (χ4v) is 10.4. The normalized spacial score (nSPS) is 18.1. The molecule has 0 aromatic heterocycles. The number of hydrogen-bond acceptors (Lipinski definition) is 12. The van der Waals surface area contributed by atoms with E-state index in [9.17, 15) is 9.59 Å². The molecule has 2 unspecified atom stereocenters. The van der Waals surface area contributed by atoms with Crippen molar-refractivity contribution in [1.29, 1.82) is 0 Å². The summed E-state index contributed by atoms with van der Waals surface area (Å²) < 4.78 is 43.8. The molecule has 1 aliphatic carbocycles. The minimum Gasteiger partial charge on any atom is -0.465 e. The molecule has 2 atom stereocenters. The smallest absolute Gasteiger partial charge is 0.465 e. The zero-order valence-electron chi connectivity index (χ0n) is 25.4. The average molecular weight is 645 g/mol. The van der Waals surface area contributed by atoms with Crippen LogP contribution >= 0.6 is 23.5 Å². The highest BCUT2D eigenvalue weighted by molar-refractivity contribution is 7.99. The maximum Gasteiger partial charge on any atom is 0.500 e. The van der Waals surface area contributed by atoms with E-state index in [1.54, 1.807) is 42.7 Å². The van der Waals surface area contributed by atoms with Crippen LogP contribution in [0.4, 0.5) is 0 Å². The van der Waals surface area contributed by atoms with Crippen LogP contribution in [0.3, 0.4) is 0 Å². The highest BCUT2D eigenvalue weighted by Gasteiger charge is 2.39. The van der Waals surface area contributed by atoms with Gasteiger partial charge in [0.15, 0.2) is 0 Å². The molecule has 0 radical (unpaired) electrons. The van der Waals surface area contributed by atoms with Gasteiger partial charge >= 0.3 is 29.5 Å². The fourth-order valence-electron chi connectivity index (χ4n) is 4.67. The number of hydrogen-bond donors (Lipinski definition) is 0. The van der Waals surface area contributed by atoms with Gasteiger partial charge in [0.05, 0.1) is 25.0 Å². The highest BCUT2D eigenvalue weighted by atomic mass is 32.2. The summed E-state index contributed by atoms with van der Waals surface area (Å²) >= 11 is 3.63. The minimum atomic E-state index is -2.50. The maximum absolute atomic E-state index is 12.8. The van der Waals surface area contributed by atoms with E-state index in [-0.39, 0.29) is 11.9 Å². The number of rotatable bonds is 24. The molecule has 0 spiro atoms. The minimum absolute atomic E-state index is 0.263. The summed E-state index contributed by atoms with van der Waals surface area (Å²) in [6, 6.07) is 1.55. The van der Waals surface area contributed by atoms with E-state index >= 15 is 0 Å². The largest absolute Gasteiger partial charge is 0.500 e. The van der Waals surface area contributed by atoms with Crippen molar-refractivity contribution in [3.05, 3.63) is 0 Å². The summed E-state index contributed by atoms with van der Waals surface area (Å²) in [5.74, 6) is 2.41. The maximum atomic E-state index is 12.8. The lowest BCUT2D eigenvalue weighted by Gasteiger charge is -2.28. The number of carbonyl (C=O) groups is 2. The standard InChI is InChI=1S/C26H52O10S2Si2/c1-29-39(30-2,31-3)21-11-19-37-17-9-15-35-25(27)23-13-7-8-14-24(23)26(28)36-16-10-18-38-20-12-22-40(32-4,33-5)34-6/h23-24H,7-22H2,1-6H3. The van der Waals surface area contributed by atoms with Gasteiger partial charge in [0.1, 0.15) is 0 Å². The molecular weight excluding hydrogens is 593 g/mol. The van der Waals surface area contributed by atoms with E-state index in [0.29, 0.717) is 26.1 Å². The molecule has 14 heteroatoms. The molecule has 40 heavy (non-hydrogen) atoms. The van der Waals surface area contributed by atoms with E-state index in [2.05, 4.69) is 0 Å². The third kappa shape index (κ3) is 13.9. The summed E-state index contributed by atoms with van der Waals surface area (Å²) in [4.78, 5) is 25.5. The third-order valence-electron chi connectivity index (χ3n) is 7.14. The fraction of sp³-hybridized carbons (Fsp3) is 0.923.